The molecule has 0 aromatic heterocycles. The Morgan fingerprint density at radius 1 is 1.00 bits per heavy atom. The van der Waals surface area contributed by atoms with E-state index in [-0.39, 0.29) is 0 Å². The lowest BCUT2D eigenvalue weighted by Crippen LogP contribution is -2.30. The molecule has 1 fully saturated rings. The number of benzene rings is 1. The van der Waals surface area contributed by atoms with Crippen molar-refractivity contribution in [3.8, 4) is 0 Å². The van der Waals surface area contributed by atoms with Crippen molar-refractivity contribution < 1.29 is 0 Å². The van der Waals surface area contributed by atoms with E-state index in [1.54, 1.807) is 5.56 Å². The zero-order valence-corrected chi connectivity index (χ0v) is 11.4. The molecule has 1 atom stereocenters. The van der Waals surface area contributed by atoms with Crippen molar-refractivity contribution in [1.82, 2.24) is 0 Å². The van der Waals surface area contributed by atoms with Gasteiger partial charge in [0.15, 0.2) is 0 Å². The first-order valence-electron chi connectivity index (χ1n) is 7.37. The molecule has 1 saturated carbocycles. The van der Waals surface area contributed by atoms with Gasteiger partial charge in [-0.2, -0.15) is 0 Å². The van der Waals surface area contributed by atoms with Gasteiger partial charge < -0.3 is 0 Å². The Balaban J connectivity index is 2.26. The lowest BCUT2D eigenvalue weighted by atomic mass is 9.61. The fourth-order valence-corrected chi connectivity index (χ4v) is 3.91. The summed E-state index contributed by atoms with van der Waals surface area (Å²) in [6, 6.07) is 11.2. The van der Waals surface area contributed by atoms with Gasteiger partial charge in [-0.05, 0) is 42.6 Å². The predicted molar refractivity (Wildman–Crippen MR) is 75.3 cm³/mol. The Hall–Kier alpha value is -0.780. The highest BCUT2D eigenvalue weighted by Gasteiger charge is 2.37. The molecule has 0 heterocycles. The molecule has 0 spiro atoms. The highest BCUT2D eigenvalue weighted by Crippen LogP contribution is 2.50. The van der Waals surface area contributed by atoms with E-state index in [0.29, 0.717) is 5.41 Å². The van der Waals surface area contributed by atoms with Crippen molar-refractivity contribution in [2.75, 3.05) is 0 Å². The van der Waals surface area contributed by atoms with E-state index in [4.69, 9.17) is 0 Å². The summed E-state index contributed by atoms with van der Waals surface area (Å²) in [7, 11) is 0. The highest BCUT2D eigenvalue weighted by molar-refractivity contribution is 5.22. The number of rotatable bonds is 4. The van der Waals surface area contributed by atoms with Crippen LogP contribution in [0.15, 0.2) is 30.3 Å². The van der Waals surface area contributed by atoms with Gasteiger partial charge in [-0.15, -0.1) is 0 Å². The largest absolute Gasteiger partial charge is 0.0648 e. The maximum absolute atomic E-state index is 2.40. The normalized spacial score (nSPS) is 21.1. The third kappa shape index (κ3) is 2.56. The Labute approximate surface area is 106 Å². The van der Waals surface area contributed by atoms with Crippen LogP contribution in [-0.2, 0) is 0 Å². The Bertz CT molecular complexity index is 319. The molecule has 1 aliphatic carbocycles. The van der Waals surface area contributed by atoms with Crippen LogP contribution >= 0.6 is 0 Å². The maximum atomic E-state index is 2.40. The lowest BCUT2D eigenvalue weighted by Gasteiger charge is -2.43. The number of hydrogen-bond donors (Lipinski definition) is 0. The monoisotopic (exact) mass is 230 g/mol. The van der Waals surface area contributed by atoms with E-state index in [1.165, 1.54) is 44.9 Å². The molecule has 0 heteroatoms. The average molecular weight is 230 g/mol. The Kier molecular flexibility index (Phi) is 4.25. The third-order valence-electron chi connectivity index (χ3n) is 4.90. The average Bonchev–Trinajstić information content (AvgIpc) is 2.42. The van der Waals surface area contributed by atoms with Crippen LogP contribution in [-0.4, -0.2) is 0 Å². The fraction of sp³-hybridized carbons (Fsp3) is 0.647. The van der Waals surface area contributed by atoms with Crippen molar-refractivity contribution >= 4 is 0 Å². The van der Waals surface area contributed by atoms with Crippen molar-refractivity contribution in [2.24, 2.45) is 5.41 Å². The van der Waals surface area contributed by atoms with Crippen LogP contribution in [0.4, 0.5) is 0 Å². The first-order chi connectivity index (χ1) is 8.32. The topological polar surface area (TPSA) is 0 Å². The van der Waals surface area contributed by atoms with Gasteiger partial charge in [-0.3, -0.25) is 0 Å². The van der Waals surface area contributed by atoms with Crippen LogP contribution in [0.25, 0.3) is 0 Å². The van der Waals surface area contributed by atoms with Crippen LogP contribution in [0, 0.1) is 5.41 Å². The first-order valence-corrected chi connectivity index (χ1v) is 7.37. The van der Waals surface area contributed by atoms with E-state index in [2.05, 4.69) is 44.2 Å². The van der Waals surface area contributed by atoms with Gasteiger partial charge in [0.25, 0.3) is 0 Å². The summed E-state index contributed by atoms with van der Waals surface area (Å²) in [6.45, 7) is 4.76. The van der Waals surface area contributed by atoms with Crippen LogP contribution in [0.5, 0.6) is 0 Å². The van der Waals surface area contributed by atoms with Crippen LogP contribution in [0.2, 0.25) is 0 Å². The van der Waals surface area contributed by atoms with E-state index in [9.17, 15) is 0 Å². The molecular formula is C17H26. The molecule has 0 bridgehead atoms. The molecule has 0 nitrogen and oxygen atoms in total. The predicted octanol–water partition coefficient (Wildman–Crippen LogP) is 5.54. The van der Waals surface area contributed by atoms with Gasteiger partial charge in [0.2, 0.25) is 0 Å². The van der Waals surface area contributed by atoms with Crippen molar-refractivity contribution in [1.29, 1.82) is 0 Å². The molecule has 1 unspecified atom stereocenters. The van der Waals surface area contributed by atoms with Crippen molar-refractivity contribution in [3.63, 3.8) is 0 Å². The van der Waals surface area contributed by atoms with Gasteiger partial charge in [0, 0.05) is 0 Å². The van der Waals surface area contributed by atoms with Crippen LogP contribution in [0.3, 0.4) is 0 Å². The maximum Gasteiger partial charge on any atom is -0.0108 e. The molecule has 94 valence electrons. The molecule has 1 aliphatic rings. The molecular weight excluding hydrogens is 204 g/mol. The van der Waals surface area contributed by atoms with Crippen molar-refractivity contribution in [2.45, 2.75) is 64.7 Å². The van der Waals surface area contributed by atoms with Crippen LogP contribution < -0.4 is 0 Å². The molecule has 0 amide bonds. The highest BCUT2D eigenvalue weighted by atomic mass is 14.4. The zero-order valence-electron chi connectivity index (χ0n) is 11.4. The smallest absolute Gasteiger partial charge is 0.0108 e. The fourth-order valence-electron chi connectivity index (χ4n) is 3.91. The molecule has 2 rings (SSSR count). The van der Waals surface area contributed by atoms with E-state index in [0.717, 1.165) is 5.92 Å². The Morgan fingerprint density at radius 3 is 2.18 bits per heavy atom. The van der Waals surface area contributed by atoms with Gasteiger partial charge >= 0.3 is 0 Å². The van der Waals surface area contributed by atoms with Crippen LogP contribution in [0.1, 0.15) is 70.3 Å². The summed E-state index contributed by atoms with van der Waals surface area (Å²) in [5.41, 5.74) is 2.16. The molecule has 1 aromatic rings. The van der Waals surface area contributed by atoms with Gasteiger partial charge in [0.1, 0.15) is 0 Å². The molecule has 0 saturated heterocycles. The van der Waals surface area contributed by atoms with Gasteiger partial charge in [0.05, 0.1) is 0 Å². The standard InChI is InChI=1S/C17H26/c1-3-16(15-11-7-5-8-12-15)17(4-2)13-9-6-10-14-17/h5,7-8,11-12,16H,3-4,6,9-10,13-14H2,1-2H3. The molecule has 17 heavy (non-hydrogen) atoms. The second kappa shape index (κ2) is 5.71. The van der Waals surface area contributed by atoms with Crippen molar-refractivity contribution in [3.05, 3.63) is 35.9 Å². The third-order valence-corrected chi connectivity index (χ3v) is 4.90. The van der Waals surface area contributed by atoms with E-state index < -0.39 is 0 Å². The summed E-state index contributed by atoms with van der Waals surface area (Å²) in [5, 5.41) is 0. The van der Waals surface area contributed by atoms with Gasteiger partial charge in [-0.25, -0.2) is 0 Å². The minimum Gasteiger partial charge on any atom is -0.0648 e. The molecule has 1 aromatic carbocycles. The van der Waals surface area contributed by atoms with E-state index in [1.807, 2.05) is 0 Å². The first kappa shape index (κ1) is 12.7. The van der Waals surface area contributed by atoms with E-state index >= 15 is 0 Å². The summed E-state index contributed by atoms with van der Waals surface area (Å²) in [6.07, 6.45) is 9.85. The SMILES string of the molecule is CCC(c1ccccc1)C1(CC)CCCCC1. The number of hydrogen-bond acceptors (Lipinski definition) is 0. The van der Waals surface area contributed by atoms with Gasteiger partial charge in [-0.1, -0.05) is 63.4 Å². The summed E-state index contributed by atoms with van der Waals surface area (Å²) in [4.78, 5) is 0. The minimum absolute atomic E-state index is 0.592. The summed E-state index contributed by atoms with van der Waals surface area (Å²) >= 11 is 0. The quantitative estimate of drug-likeness (QED) is 0.637. The second-order valence-electron chi connectivity index (χ2n) is 5.65. The molecule has 0 N–H and O–H groups in total. The lowest BCUT2D eigenvalue weighted by molar-refractivity contribution is 0.132. The summed E-state index contributed by atoms with van der Waals surface area (Å²) < 4.78 is 0. The zero-order chi connectivity index (χ0) is 12.1. The molecule has 0 radical (unpaired) electrons. The summed E-state index contributed by atoms with van der Waals surface area (Å²) in [5.74, 6) is 0.772. The Morgan fingerprint density at radius 2 is 1.65 bits per heavy atom. The minimum atomic E-state index is 0.592. The molecule has 0 aliphatic heterocycles. The second-order valence-corrected chi connectivity index (χ2v) is 5.65.